The van der Waals surface area contributed by atoms with Crippen LogP contribution in [0, 0.1) is 0 Å². The van der Waals surface area contributed by atoms with Gasteiger partial charge < -0.3 is 19.0 Å². The van der Waals surface area contributed by atoms with E-state index in [1.807, 2.05) is 48.5 Å². The summed E-state index contributed by atoms with van der Waals surface area (Å²) in [5.74, 6) is -0.0331. The average molecular weight is 395 g/mol. The summed E-state index contributed by atoms with van der Waals surface area (Å²) < 4.78 is 15.8. The Morgan fingerprint density at radius 2 is 1.55 bits per heavy atom. The molecule has 0 saturated heterocycles. The van der Waals surface area contributed by atoms with E-state index in [1.54, 1.807) is 14.2 Å². The number of ether oxygens (including phenoxy) is 2. The van der Waals surface area contributed by atoms with Crippen LogP contribution in [-0.4, -0.2) is 30.3 Å². The Balaban J connectivity index is 1.96. The Morgan fingerprint density at radius 1 is 1.00 bits per heavy atom. The molecule has 3 aromatic rings. The summed E-state index contributed by atoms with van der Waals surface area (Å²) in [5, 5.41) is 9.81. The molecule has 0 fully saturated rings. The van der Waals surface area contributed by atoms with Crippen LogP contribution in [0.3, 0.4) is 0 Å². The summed E-state index contributed by atoms with van der Waals surface area (Å²) in [6, 6.07) is 15.6. The highest BCUT2D eigenvalue weighted by Gasteiger charge is 2.32. The zero-order chi connectivity index (χ0) is 20.8. The average Bonchev–Trinajstić information content (AvgIpc) is 3.28. The van der Waals surface area contributed by atoms with E-state index in [1.165, 1.54) is 12.5 Å². The van der Waals surface area contributed by atoms with Gasteiger partial charge >= 0.3 is 5.97 Å². The number of hydrogen-bond donors (Lipinski definition) is 1. The van der Waals surface area contributed by atoms with Gasteiger partial charge in [0.25, 0.3) is 0 Å². The van der Waals surface area contributed by atoms with Gasteiger partial charge in [0, 0.05) is 0 Å². The van der Waals surface area contributed by atoms with E-state index in [0.717, 1.165) is 22.6 Å². The monoisotopic (exact) mass is 395 g/mol. The first-order chi connectivity index (χ1) is 14.0. The van der Waals surface area contributed by atoms with Gasteiger partial charge in [0.15, 0.2) is 0 Å². The highest BCUT2D eigenvalue weighted by atomic mass is 16.5. The summed E-state index contributed by atoms with van der Waals surface area (Å²) in [7, 11) is 3.25. The van der Waals surface area contributed by atoms with Crippen molar-refractivity contribution in [1.29, 1.82) is 0 Å². The smallest absolute Gasteiger partial charge is 0.315 e. The van der Waals surface area contributed by atoms with Crippen LogP contribution in [0.4, 0.5) is 0 Å². The molecule has 1 heterocycles. The molecule has 1 N–H and O–H groups in total. The lowest BCUT2D eigenvalue weighted by Crippen LogP contribution is -2.19. The number of hydrogen-bond acceptors (Lipinski definition) is 5. The van der Waals surface area contributed by atoms with Crippen LogP contribution in [0.15, 0.2) is 65.4 Å². The molecule has 3 rings (SSSR count). The third-order valence-electron chi connectivity index (χ3n) is 5.33. The minimum Gasteiger partial charge on any atom is -0.497 e. The summed E-state index contributed by atoms with van der Waals surface area (Å²) in [4.78, 5) is 16.1. The first kappa shape index (κ1) is 20.5. The van der Waals surface area contributed by atoms with E-state index in [0.29, 0.717) is 6.42 Å². The Morgan fingerprint density at radius 3 is 2.00 bits per heavy atom. The molecule has 29 heavy (non-hydrogen) atoms. The topological polar surface area (TPSA) is 81.8 Å². The molecule has 6 heteroatoms. The van der Waals surface area contributed by atoms with Crippen molar-refractivity contribution in [2.24, 2.45) is 0 Å². The number of benzene rings is 2. The second kappa shape index (κ2) is 9.28. The van der Waals surface area contributed by atoms with Crippen LogP contribution >= 0.6 is 0 Å². The number of oxazole rings is 1. The lowest BCUT2D eigenvalue weighted by Gasteiger charge is -2.27. The number of rotatable bonds is 9. The Bertz CT molecular complexity index is 903. The maximum atomic E-state index is 12.0. The van der Waals surface area contributed by atoms with Crippen LogP contribution in [0.5, 0.6) is 11.5 Å². The summed E-state index contributed by atoms with van der Waals surface area (Å²) in [5.41, 5.74) is 2.13. The molecule has 0 aliphatic heterocycles. The zero-order valence-corrected chi connectivity index (χ0v) is 16.7. The molecule has 0 spiro atoms. The molecule has 0 aliphatic rings. The van der Waals surface area contributed by atoms with Crippen LogP contribution in [0.2, 0.25) is 0 Å². The molecule has 0 amide bonds. The molecule has 1 aromatic heterocycles. The first-order valence-corrected chi connectivity index (χ1v) is 9.43. The highest BCUT2D eigenvalue weighted by molar-refractivity contribution is 5.74. The Labute approximate surface area is 170 Å². The van der Waals surface area contributed by atoms with Crippen molar-refractivity contribution in [2.45, 2.75) is 31.1 Å². The number of aromatic nitrogens is 1. The molecule has 2 aromatic carbocycles. The van der Waals surface area contributed by atoms with Crippen molar-refractivity contribution < 1.29 is 23.8 Å². The fourth-order valence-corrected chi connectivity index (χ4v) is 3.59. The fraction of sp³-hybridized carbons (Fsp3) is 0.304. The number of carboxylic acids is 1. The third kappa shape index (κ3) is 4.77. The lowest BCUT2D eigenvalue weighted by molar-refractivity contribution is -0.139. The Hall–Kier alpha value is -3.28. The Kier molecular flexibility index (Phi) is 6.54. The van der Waals surface area contributed by atoms with Gasteiger partial charge in [-0.3, -0.25) is 4.79 Å². The van der Waals surface area contributed by atoms with Crippen molar-refractivity contribution in [2.75, 3.05) is 14.2 Å². The van der Waals surface area contributed by atoms with Crippen molar-refractivity contribution in [3.63, 3.8) is 0 Å². The van der Waals surface area contributed by atoms with Crippen molar-refractivity contribution >= 4 is 5.97 Å². The van der Waals surface area contributed by atoms with Crippen LogP contribution in [-0.2, 0) is 4.79 Å². The fourth-order valence-electron chi connectivity index (χ4n) is 3.59. The number of nitrogens with zero attached hydrogens (tertiary/aromatic N) is 1. The van der Waals surface area contributed by atoms with Gasteiger partial charge in [0.2, 0.25) is 5.89 Å². The van der Waals surface area contributed by atoms with Gasteiger partial charge in [-0.1, -0.05) is 31.2 Å². The standard InChI is InChI=1S/C23H25NO5/c1-15(16-4-8-18(27-2)9-5-16)20(17-6-10-19(28-3)11-7-17)14-21(23(25)26)22-24-12-13-29-22/h4-13,15,20-21H,14H2,1-3H3,(H,25,26). The van der Waals surface area contributed by atoms with Crippen molar-refractivity contribution in [1.82, 2.24) is 4.98 Å². The summed E-state index contributed by atoms with van der Waals surface area (Å²) >= 11 is 0. The molecule has 0 bridgehead atoms. The number of carboxylic acid groups (broad SMARTS) is 1. The van der Waals surface area contributed by atoms with Gasteiger partial charge in [-0.25, -0.2) is 4.98 Å². The van der Waals surface area contributed by atoms with Crippen LogP contribution < -0.4 is 9.47 Å². The van der Waals surface area contributed by atoms with Gasteiger partial charge in [0.1, 0.15) is 23.7 Å². The maximum Gasteiger partial charge on any atom is 0.315 e. The van der Waals surface area contributed by atoms with Crippen LogP contribution in [0.25, 0.3) is 0 Å². The van der Waals surface area contributed by atoms with Gasteiger partial charge in [-0.15, -0.1) is 0 Å². The molecular formula is C23H25NO5. The minimum absolute atomic E-state index is 0.0612. The van der Waals surface area contributed by atoms with E-state index in [-0.39, 0.29) is 17.7 Å². The number of methoxy groups -OCH3 is 2. The maximum absolute atomic E-state index is 12.0. The second-order valence-corrected chi connectivity index (χ2v) is 6.94. The molecular weight excluding hydrogens is 370 g/mol. The van der Waals surface area contributed by atoms with E-state index >= 15 is 0 Å². The molecule has 152 valence electrons. The van der Waals surface area contributed by atoms with Gasteiger partial charge in [-0.2, -0.15) is 0 Å². The van der Waals surface area contributed by atoms with Crippen molar-refractivity contribution in [3.8, 4) is 11.5 Å². The van der Waals surface area contributed by atoms with Gasteiger partial charge in [0.05, 0.1) is 20.4 Å². The number of aliphatic carboxylic acids is 1. The van der Waals surface area contributed by atoms with E-state index < -0.39 is 11.9 Å². The molecule has 0 saturated carbocycles. The third-order valence-corrected chi connectivity index (χ3v) is 5.33. The normalized spacial score (nSPS) is 14.0. The molecule has 3 unspecified atom stereocenters. The first-order valence-electron chi connectivity index (χ1n) is 9.43. The molecule has 0 radical (unpaired) electrons. The largest absolute Gasteiger partial charge is 0.497 e. The predicted octanol–water partition coefficient (Wildman–Crippen LogP) is 4.84. The van der Waals surface area contributed by atoms with E-state index in [4.69, 9.17) is 13.9 Å². The summed E-state index contributed by atoms with van der Waals surface area (Å²) in [6.07, 6.45) is 3.23. The zero-order valence-electron chi connectivity index (χ0n) is 16.7. The highest BCUT2D eigenvalue weighted by Crippen LogP contribution is 2.40. The molecule has 6 nitrogen and oxygen atoms in total. The van der Waals surface area contributed by atoms with E-state index in [9.17, 15) is 9.90 Å². The lowest BCUT2D eigenvalue weighted by atomic mass is 9.77. The molecule has 0 aliphatic carbocycles. The van der Waals surface area contributed by atoms with Gasteiger partial charge in [-0.05, 0) is 53.6 Å². The summed E-state index contributed by atoms with van der Waals surface area (Å²) in [6.45, 7) is 2.10. The predicted molar refractivity (Wildman–Crippen MR) is 109 cm³/mol. The second-order valence-electron chi connectivity index (χ2n) is 6.94. The molecule has 3 atom stereocenters. The van der Waals surface area contributed by atoms with Crippen molar-refractivity contribution in [3.05, 3.63) is 78.0 Å². The van der Waals surface area contributed by atoms with E-state index in [2.05, 4.69) is 11.9 Å². The SMILES string of the molecule is COc1ccc(C(C)C(CC(C(=O)O)c2ncco2)c2ccc(OC)cc2)cc1. The number of carbonyl (C=O) groups is 1. The van der Waals surface area contributed by atoms with Crippen LogP contribution in [0.1, 0.15) is 48.1 Å². The quantitative estimate of drug-likeness (QED) is 0.558. The minimum atomic E-state index is -0.951.